The van der Waals surface area contributed by atoms with Crippen LogP contribution in [0, 0.1) is 16.0 Å². The fourth-order valence-electron chi connectivity index (χ4n) is 2.50. The smallest absolute Gasteiger partial charge is 0.315 e. The highest BCUT2D eigenvalue weighted by Gasteiger charge is 2.28. The maximum atomic E-state index is 11.5. The number of nitro benzene ring substituents is 1. The molecule has 20 heavy (non-hydrogen) atoms. The van der Waals surface area contributed by atoms with E-state index in [-0.39, 0.29) is 10.6 Å². The molecule has 1 N–H and O–H groups in total. The summed E-state index contributed by atoms with van der Waals surface area (Å²) in [6, 6.07) is 5.55. The van der Waals surface area contributed by atoms with Gasteiger partial charge in [0.15, 0.2) is 0 Å². The first-order chi connectivity index (χ1) is 9.67. The summed E-state index contributed by atoms with van der Waals surface area (Å²) in [6.45, 7) is 6.54. The molecule has 5 nitrogen and oxygen atoms in total. The van der Waals surface area contributed by atoms with Gasteiger partial charge in [0.1, 0.15) is 11.4 Å². The summed E-state index contributed by atoms with van der Waals surface area (Å²) in [4.78, 5) is 13.4. The highest BCUT2D eigenvalue weighted by Crippen LogP contribution is 2.38. The van der Waals surface area contributed by atoms with Gasteiger partial charge in [-0.3, -0.25) is 10.1 Å². The minimum Gasteiger partial charge on any atom is -0.380 e. The molecule has 1 fully saturated rings. The van der Waals surface area contributed by atoms with Gasteiger partial charge in [-0.1, -0.05) is 13.0 Å². The van der Waals surface area contributed by atoms with Crippen molar-refractivity contribution in [3.8, 4) is 0 Å². The lowest BCUT2D eigenvalue weighted by atomic mass is 10.2. The Hall–Kier alpha value is -1.78. The van der Waals surface area contributed by atoms with Crippen LogP contribution in [0.1, 0.15) is 33.1 Å². The number of nitro groups is 1. The van der Waals surface area contributed by atoms with Crippen LogP contribution < -0.4 is 10.2 Å². The predicted octanol–water partition coefficient (Wildman–Crippen LogP) is 3.65. The third-order valence-corrected chi connectivity index (χ3v) is 3.57. The Morgan fingerprint density at radius 3 is 2.70 bits per heavy atom. The Bertz CT molecular complexity index is 472. The molecule has 0 radical (unpaired) electrons. The highest BCUT2D eigenvalue weighted by atomic mass is 16.6. The van der Waals surface area contributed by atoms with Crippen molar-refractivity contribution in [1.29, 1.82) is 0 Å². The van der Waals surface area contributed by atoms with Crippen molar-refractivity contribution < 1.29 is 4.92 Å². The second-order valence-electron chi connectivity index (χ2n) is 5.35. The fraction of sp³-hybridized carbons (Fsp3) is 0.600. The van der Waals surface area contributed by atoms with Gasteiger partial charge in [0.2, 0.25) is 0 Å². The molecule has 5 heteroatoms. The molecule has 1 aromatic carbocycles. The number of benzene rings is 1. The Balaban J connectivity index is 2.35. The van der Waals surface area contributed by atoms with Crippen molar-refractivity contribution in [2.75, 3.05) is 29.9 Å². The predicted molar refractivity (Wildman–Crippen MR) is 82.5 cm³/mol. The van der Waals surface area contributed by atoms with Crippen molar-refractivity contribution in [2.24, 2.45) is 5.92 Å². The monoisotopic (exact) mass is 277 g/mol. The van der Waals surface area contributed by atoms with E-state index in [1.165, 1.54) is 12.8 Å². The topological polar surface area (TPSA) is 58.4 Å². The average Bonchev–Trinajstić information content (AvgIpc) is 3.22. The van der Waals surface area contributed by atoms with Crippen molar-refractivity contribution in [3.63, 3.8) is 0 Å². The standard InChI is InChI=1S/C15H23N3O2/c1-3-10-17(11-12-8-9-12)14-7-5-6-13(16-4-2)15(14)18(19)20/h5-7,12,16H,3-4,8-11H2,1-2H3. The Morgan fingerprint density at radius 1 is 1.40 bits per heavy atom. The minimum absolute atomic E-state index is 0.212. The number of anilines is 2. The van der Waals surface area contributed by atoms with Gasteiger partial charge in [-0.15, -0.1) is 0 Å². The van der Waals surface area contributed by atoms with Gasteiger partial charge < -0.3 is 10.2 Å². The largest absolute Gasteiger partial charge is 0.380 e. The lowest BCUT2D eigenvalue weighted by molar-refractivity contribution is -0.383. The van der Waals surface area contributed by atoms with Gasteiger partial charge in [0.05, 0.1) is 4.92 Å². The number of nitrogens with zero attached hydrogens (tertiary/aromatic N) is 2. The van der Waals surface area contributed by atoms with Crippen molar-refractivity contribution in [1.82, 2.24) is 0 Å². The lowest BCUT2D eigenvalue weighted by Gasteiger charge is -2.24. The van der Waals surface area contributed by atoms with Crippen LogP contribution in [0.4, 0.5) is 17.1 Å². The quantitative estimate of drug-likeness (QED) is 0.582. The molecule has 0 aromatic heterocycles. The van der Waals surface area contributed by atoms with Crippen LogP contribution >= 0.6 is 0 Å². The van der Waals surface area contributed by atoms with E-state index >= 15 is 0 Å². The number of rotatable bonds is 8. The zero-order chi connectivity index (χ0) is 14.5. The molecule has 1 aliphatic rings. The molecule has 1 aromatic rings. The van der Waals surface area contributed by atoms with Crippen LogP contribution in [0.25, 0.3) is 0 Å². The van der Waals surface area contributed by atoms with Gasteiger partial charge in [0.25, 0.3) is 0 Å². The molecule has 0 heterocycles. The maximum Gasteiger partial charge on any atom is 0.315 e. The SMILES string of the molecule is CCCN(CC1CC1)c1cccc(NCC)c1[N+](=O)[O-]. The number of para-hydroxylation sites is 1. The van der Waals surface area contributed by atoms with E-state index in [0.717, 1.165) is 25.2 Å². The first-order valence-electron chi connectivity index (χ1n) is 7.43. The summed E-state index contributed by atoms with van der Waals surface area (Å²) >= 11 is 0. The maximum absolute atomic E-state index is 11.5. The third-order valence-electron chi connectivity index (χ3n) is 3.57. The van der Waals surface area contributed by atoms with Crippen LogP contribution in [-0.4, -0.2) is 24.6 Å². The van der Waals surface area contributed by atoms with Crippen LogP contribution in [0.3, 0.4) is 0 Å². The number of hydrogen-bond acceptors (Lipinski definition) is 4. The summed E-state index contributed by atoms with van der Waals surface area (Å²) in [7, 11) is 0. The second-order valence-corrected chi connectivity index (χ2v) is 5.35. The van der Waals surface area contributed by atoms with Gasteiger partial charge in [0, 0.05) is 19.6 Å². The average molecular weight is 277 g/mol. The van der Waals surface area contributed by atoms with E-state index in [1.54, 1.807) is 6.07 Å². The van der Waals surface area contributed by atoms with Gasteiger partial charge >= 0.3 is 5.69 Å². The summed E-state index contributed by atoms with van der Waals surface area (Å²) in [5.41, 5.74) is 1.58. The van der Waals surface area contributed by atoms with Gasteiger partial charge in [-0.25, -0.2) is 0 Å². The molecule has 0 atom stereocenters. The summed E-state index contributed by atoms with van der Waals surface area (Å²) < 4.78 is 0. The van der Waals surface area contributed by atoms with Crippen LogP contribution in [0.15, 0.2) is 18.2 Å². The van der Waals surface area contributed by atoms with E-state index in [4.69, 9.17) is 0 Å². The molecule has 1 aliphatic carbocycles. The molecule has 0 bridgehead atoms. The molecular weight excluding hydrogens is 254 g/mol. The molecule has 110 valence electrons. The molecule has 0 unspecified atom stereocenters. The zero-order valence-corrected chi connectivity index (χ0v) is 12.3. The van der Waals surface area contributed by atoms with E-state index in [1.807, 2.05) is 19.1 Å². The fourth-order valence-corrected chi connectivity index (χ4v) is 2.50. The van der Waals surface area contributed by atoms with Crippen LogP contribution in [0.2, 0.25) is 0 Å². The van der Waals surface area contributed by atoms with Crippen LogP contribution in [0.5, 0.6) is 0 Å². The van der Waals surface area contributed by atoms with Crippen molar-refractivity contribution >= 4 is 17.1 Å². The van der Waals surface area contributed by atoms with E-state index in [9.17, 15) is 10.1 Å². The molecule has 1 saturated carbocycles. The normalized spacial score (nSPS) is 14.1. The summed E-state index contributed by atoms with van der Waals surface area (Å²) in [6.07, 6.45) is 3.50. The Morgan fingerprint density at radius 2 is 2.15 bits per heavy atom. The number of nitrogens with one attached hydrogen (secondary N) is 1. The molecular formula is C15H23N3O2. The highest BCUT2D eigenvalue weighted by molar-refractivity contribution is 5.77. The molecule has 2 rings (SSSR count). The molecule has 0 amide bonds. The van der Waals surface area contributed by atoms with E-state index in [2.05, 4.69) is 17.1 Å². The Kier molecular flexibility index (Phi) is 4.82. The zero-order valence-electron chi connectivity index (χ0n) is 12.3. The summed E-state index contributed by atoms with van der Waals surface area (Å²) in [5, 5.41) is 14.6. The molecule has 0 spiro atoms. The van der Waals surface area contributed by atoms with Crippen molar-refractivity contribution in [3.05, 3.63) is 28.3 Å². The Labute approximate surface area is 120 Å². The number of hydrogen-bond donors (Lipinski definition) is 1. The molecule has 0 aliphatic heterocycles. The van der Waals surface area contributed by atoms with E-state index in [0.29, 0.717) is 18.2 Å². The first kappa shape index (κ1) is 14.6. The lowest BCUT2D eigenvalue weighted by Crippen LogP contribution is -2.27. The second kappa shape index (κ2) is 6.59. The van der Waals surface area contributed by atoms with E-state index < -0.39 is 0 Å². The van der Waals surface area contributed by atoms with Crippen LogP contribution in [-0.2, 0) is 0 Å². The van der Waals surface area contributed by atoms with Gasteiger partial charge in [-0.2, -0.15) is 0 Å². The van der Waals surface area contributed by atoms with Gasteiger partial charge in [-0.05, 0) is 44.2 Å². The van der Waals surface area contributed by atoms with Crippen molar-refractivity contribution in [2.45, 2.75) is 33.1 Å². The molecule has 0 saturated heterocycles. The first-order valence-corrected chi connectivity index (χ1v) is 7.43. The summed E-state index contributed by atoms with van der Waals surface area (Å²) in [5.74, 6) is 0.712. The minimum atomic E-state index is -0.261. The third kappa shape index (κ3) is 3.40.